The van der Waals surface area contributed by atoms with Crippen molar-refractivity contribution < 1.29 is 27.4 Å². The number of rotatable bonds is 6. The smallest absolute Gasteiger partial charge is 0.496 e. The molecule has 0 radical (unpaired) electrons. The maximum absolute atomic E-state index is 12.5. The molecule has 3 aromatic rings. The first kappa shape index (κ1) is 20.2. The summed E-state index contributed by atoms with van der Waals surface area (Å²) >= 11 is 0. The normalized spacial score (nSPS) is 11.2. The lowest BCUT2D eigenvalue weighted by molar-refractivity contribution is -0.274. The summed E-state index contributed by atoms with van der Waals surface area (Å²) < 4.78 is 46.8. The quantitative estimate of drug-likeness (QED) is 0.644. The fourth-order valence-electron chi connectivity index (χ4n) is 2.75. The van der Waals surface area contributed by atoms with Gasteiger partial charge in [0.2, 0.25) is 0 Å². The second-order valence-corrected chi connectivity index (χ2v) is 6.21. The number of hydrogen-bond donors (Lipinski definition) is 2. The van der Waals surface area contributed by atoms with E-state index in [-0.39, 0.29) is 12.1 Å². The van der Waals surface area contributed by atoms with Crippen LogP contribution in [-0.2, 0) is 6.54 Å². The molecule has 0 atom stereocenters. The van der Waals surface area contributed by atoms with Crippen LogP contribution in [0.5, 0.6) is 11.5 Å². The van der Waals surface area contributed by atoms with Gasteiger partial charge in [-0.2, -0.15) is 5.10 Å². The predicted octanol–water partition coefficient (Wildman–Crippen LogP) is 4.22. The summed E-state index contributed by atoms with van der Waals surface area (Å²) in [6.45, 7) is 1.98. The number of alkyl halides is 3. The number of ether oxygens (including phenoxy) is 2. The second kappa shape index (κ2) is 8.26. The van der Waals surface area contributed by atoms with Crippen LogP contribution >= 0.6 is 0 Å². The molecular weight excluding hydrogens is 387 g/mol. The first-order valence-corrected chi connectivity index (χ1v) is 8.59. The van der Waals surface area contributed by atoms with Gasteiger partial charge in [-0.15, -0.1) is 13.2 Å². The molecule has 29 heavy (non-hydrogen) atoms. The molecule has 152 valence electrons. The zero-order valence-corrected chi connectivity index (χ0v) is 15.6. The number of halogens is 3. The highest BCUT2D eigenvalue weighted by Crippen LogP contribution is 2.30. The van der Waals surface area contributed by atoms with Crippen molar-refractivity contribution in [2.45, 2.75) is 19.8 Å². The topological polar surface area (TPSA) is 76.2 Å². The molecule has 1 heterocycles. The van der Waals surface area contributed by atoms with E-state index < -0.39 is 18.0 Å². The van der Waals surface area contributed by atoms with E-state index >= 15 is 0 Å². The first-order chi connectivity index (χ1) is 13.8. The minimum Gasteiger partial charge on any atom is -0.496 e. The Kier molecular flexibility index (Phi) is 5.76. The van der Waals surface area contributed by atoms with Gasteiger partial charge in [-0.05, 0) is 37.3 Å². The number of nitrogens with one attached hydrogen (secondary N) is 2. The number of amides is 1. The highest BCUT2D eigenvalue weighted by molar-refractivity contribution is 5.96. The molecule has 0 aliphatic rings. The van der Waals surface area contributed by atoms with Gasteiger partial charge in [0.05, 0.1) is 30.6 Å². The van der Waals surface area contributed by atoms with Crippen LogP contribution in [-0.4, -0.2) is 29.6 Å². The number of aromatic nitrogens is 2. The Hall–Kier alpha value is -3.49. The van der Waals surface area contributed by atoms with Crippen molar-refractivity contribution >= 4 is 5.91 Å². The zero-order chi connectivity index (χ0) is 21.0. The van der Waals surface area contributed by atoms with Crippen molar-refractivity contribution in [2.75, 3.05) is 7.11 Å². The molecule has 3 rings (SSSR count). The Balaban J connectivity index is 1.73. The van der Waals surface area contributed by atoms with Gasteiger partial charge >= 0.3 is 6.36 Å². The zero-order valence-electron chi connectivity index (χ0n) is 15.6. The maximum atomic E-state index is 12.5. The lowest BCUT2D eigenvalue weighted by Crippen LogP contribution is -2.25. The van der Waals surface area contributed by atoms with E-state index in [1.54, 1.807) is 13.2 Å². The number of aryl methyl sites for hydroxylation is 1. The van der Waals surface area contributed by atoms with E-state index in [0.29, 0.717) is 17.1 Å². The van der Waals surface area contributed by atoms with Crippen molar-refractivity contribution in [3.05, 3.63) is 65.4 Å². The Morgan fingerprint density at radius 1 is 1.14 bits per heavy atom. The Labute approximate surface area is 164 Å². The fraction of sp³-hybridized carbons (Fsp3) is 0.200. The number of methoxy groups -OCH3 is 1. The molecule has 0 spiro atoms. The van der Waals surface area contributed by atoms with Crippen LogP contribution < -0.4 is 14.8 Å². The fourth-order valence-corrected chi connectivity index (χ4v) is 2.75. The van der Waals surface area contributed by atoms with E-state index in [9.17, 15) is 18.0 Å². The molecule has 0 fully saturated rings. The summed E-state index contributed by atoms with van der Waals surface area (Å²) in [7, 11) is 1.56. The van der Waals surface area contributed by atoms with E-state index in [2.05, 4.69) is 20.3 Å². The van der Waals surface area contributed by atoms with E-state index in [1.165, 1.54) is 18.2 Å². The molecule has 0 unspecified atom stereocenters. The SMILES string of the molecule is COc1ccc(C)cc1-c1cc(CNC(=O)c2ccccc2OC(F)(F)F)[nH]n1. The van der Waals surface area contributed by atoms with Crippen molar-refractivity contribution in [1.82, 2.24) is 15.5 Å². The molecule has 2 N–H and O–H groups in total. The van der Waals surface area contributed by atoms with Gasteiger partial charge < -0.3 is 14.8 Å². The third-order valence-corrected chi connectivity index (χ3v) is 4.06. The molecule has 0 saturated heterocycles. The summed E-state index contributed by atoms with van der Waals surface area (Å²) in [6, 6.07) is 12.5. The number of H-pyrrole nitrogens is 1. The van der Waals surface area contributed by atoms with Crippen molar-refractivity contribution in [3.8, 4) is 22.8 Å². The summed E-state index contributed by atoms with van der Waals surface area (Å²) in [6.07, 6.45) is -4.89. The number of aromatic amines is 1. The monoisotopic (exact) mass is 405 g/mol. The van der Waals surface area contributed by atoms with E-state index in [1.807, 2.05) is 25.1 Å². The molecule has 0 bridgehead atoms. The largest absolute Gasteiger partial charge is 0.573 e. The van der Waals surface area contributed by atoms with Crippen LogP contribution in [0, 0.1) is 6.92 Å². The van der Waals surface area contributed by atoms with E-state index in [4.69, 9.17) is 4.74 Å². The minimum absolute atomic E-state index is 0.0420. The van der Waals surface area contributed by atoms with Gasteiger partial charge in [-0.1, -0.05) is 23.8 Å². The number of para-hydroxylation sites is 1. The highest BCUT2D eigenvalue weighted by atomic mass is 19.4. The Bertz CT molecular complexity index is 1020. The molecule has 1 aromatic heterocycles. The van der Waals surface area contributed by atoms with Crippen LogP contribution in [0.25, 0.3) is 11.3 Å². The van der Waals surface area contributed by atoms with Crippen LogP contribution in [0.2, 0.25) is 0 Å². The number of hydrogen-bond acceptors (Lipinski definition) is 4. The summed E-state index contributed by atoms with van der Waals surface area (Å²) in [5.74, 6) is -0.614. The molecule has 9 heteroatoms. The highest BCUT2D eigenvalue weighted by Gasteiger charge is 2.32. The summed E-state index contributed by atoms with van der Waals surface area (Å²) in [5, 5.41) is 9.58. The number of carbonyl (C=O) groups excluding carboxylic acids is 1. The van der Waals surface area contributed by atoms with Gasteiger partial charge in [0, 0.05) is 5.56 Å². The van der Waals surface area contributed by atoms with Gasteiger partial charge in [0.25, 0.3) is 5.91 Å². The van der Waals surface area contributed by atoms with Crippen molar-refractivity contribution in [2.24, 2.45) is 0 Å². The lowest BCUT2D eigenvalue weighted by Gasteiger charge is -2.12. The van der Waals surface area contributed by atoms with Gasteiger partial charge in [0.1, 0.15) is 11.5 Å². The van der Waals surface area contributed by atoms with Gasteiger partial charge in [0.15, 0.2) is 0 Å². The van der Waals surface area contributed by atoms with Crippen LogP contribution in [0.3, 0.4) is 0 Å². The van der Waals surface area contributed by atoms with Crippen LogP contribution in [0.4, 0.5) is 13.2 Å². The van der Waals surface area contributed by atoms with Gasteiger partial charge in [-0.25, -0.2) is 0 Å². The molecule has 1 amide bonds. The lowest BCUT2D eigenvalue weighted by atomic mass is 10.1. The molecule has 0 saturated carbocycles. The average Bonchev–Trinajstić information content (AvgIpc) is 3.14. The summed E-state index contributed by atoms with van der Waals surface area (Å²) in [5.41, 5.74) is 2.79. The molecule has 0 aliphatic carbocycles. The maximum Gasteiger partial charge on any atom is 0.573 e. The van der Waals surface area contributed by atoms with Crippen molar-refractivity contribution in [1.29, 1.82) is 0 Å². The molecular formula is C20H18F3N3O3. The first-order valence-electron chi connectivity index (χ1n) is 8.59. The second-order valence-electron chi connectivity index (χ2n) is 6.21. The number of nitrogens with zero attached hydrogens (tertiary/aromatic N) is 1. The molecule has 6 nitrogen and oxygen atoms in total. The van der Waals surface area contributed by atoms with Crippen LogP contribution in [0.1, 0.15) is 21.6 Å². The summed E-state index contributed by atoms with van der Waals surface area (Å²) in [4.78, 5) is 12.3. The van der Waals surface area contributed by atoms with E-state index in [0.717, 1.165) is 17.2 Å². The predicted molar refractivity (Wildman–Crippen MR) is 99.6 cm³/mol. The molecule has 0 aliphatic heterocycles. The third kappa shape index (κ3) is 5.07. The van der Waals surface area contributed by atoms with Crippen molar-refractivity contribution in [3.63, 3.8) is 0 Å². The Morgan fingerprint density at radius 3 is 2.62 bits per heavy atom. The Morgan fingerprint density at radius 2 is 1.90 bits per heavy atom. The number of carbonyl (C=O) groups is 1. The van der Waals surface area contributed by atoms with Crippen LogP contribution in [0.15, 0.2) is 48.5 Å². The molecule has 2 aromatic carbocycles. The minimum atomic E-state index is -4.89. The number of benzene rings is 2. The average molecular weight is 405 g/mol. The standard InChI is InChI=1S/C20H18F3N3O3/c1-12-7-8-17(28-2)15(9-12)16-10-13(25-26-16)11-24-19(27)14-5-3-4-6-18(14)29-20(21,22)23/h3-10H,11H2,1-2H3,(H,24,27)(H,25,26). The third-order valence-electron chi connectivity index (χ3n) is 4.06. The van der Waals surface area contributed by atoms with Gasteiger partial charge in [-0.3, -0.25) is 9.89 Å².